The predicted octanol–water partition coefficient (Wildman–Crippen LogP) is 11.4. The summed E-state index contributed by atoms with van der Waals surface area (Å²) in [5, 5.41) is 4.94. The Labute approximate surface area is 294 Å². The molecule has 5 heteroatoms. The Balaban J connectivity index is 1.10. The van der Waals surface area contributed by atoms with Gasteiger partial charge in [-0.1, -0.05) is 115 Å². The van der Waals surface area contributed by atoms with Crippen molar-refractivity contribution in [1.82, 2.24) is 24.1 Å². The SMILES string of the molecule is Cc1ccc(-c2nc(-c3ccccc3)nc(-c3ccc(-n4c5ccccc5c5cc(-n6c7ccccc7c7ccccc76)ccc54)cc3)n2)cc1. The van der Waals surface area contributed by atoms with Crippen LogP contribution in [0.4, 0.5) is 0 Å². The topological polar surface area (TPSA) is 48.5 Å². The van der Waals surface area contributed by atoms with Gasteiger partial charge in [0.25, 0.3) is 0 Å². The Hall–Kier alpha value is -6.85. The molecule has 7 aromatic carbocycles. The monoisotopic (exact) mass is 653 g/mol. The number of hydrogen-bond donors (Lipinski definition) is 0. The summed E-state index contributed by atoms with van der Waals surface area (Å²) in [5.74, 6) is 1.95. The van der Waals surface area contributed by atoms with E-state index in [2.05, 4.69) is 156 Å². The summed E-state index contributed by atoms with van der Waals surface area (Å²) in [4.78, 5) is 14.8. The van der Waals surface area contributed by atoms with E-state index in [1.165, 1.54) is 38.1 Å². The molecule has 0 bridgehead atoms. The summed E-state index contributed by atoms with van der Waals surface area (Å²) < 4.78 is 4.74. The van der Waals surface area contributed by atoms with Crippen molar-refractivity contribution in [2.75, 3.05) is 0 Å². The molecule has 240 valence electrons. The normalized spacial score (nSPS) is 11.6. The molecule has 3 aromatic heterocycles. The highest BCUT2D eigenvalue weighted by Crippen LogP contribution is 2.37. The Morgan fingerprint density at radius 2 is 0.725 bits per heavy atom. The highest BCUT2D eigenvalue weighted by molar-refractivity contribution is 6.12. The molecule has 0 spiro atoms. The minimum Gasteiger partial charge on any atom is -0.309 e. The first kappa shape index (κ1) is 29.1. The molecule has 0 aliphatic carbocycles. The first-order valence-electron chi connectivity index (χ1n) is 17.2. The number of aromatic nitrogens is 5. The quantitative estimate of drug-likeness (QED) is 0.186. The van der Waals surface area contributed by atoms with E-state index in [0.29, 0.717) is 17.5 Å². The molecule has 0 amide bonds. The molecule has 0 fully saturated rings. The van der Waals surface area contributed by atoms with Gasteiger partial charge in [0.1, 0.15) is 0 Å². The van der Waals surface area contributed by atoms with Gasteiger partial charge in [-0.15, -0.1) is 0 Å². The molecule has 0 N–H and O–H groups in total. The van der Waals surface area contributed by atoms with Gasteiger partial charge in [0.2, 0.25) is 0 Å². The Morgan fingerprint density at radius 1 is 0.333 bits per heavy atom. The van der Waals surface area contributed by atoms with E-state index >= 15 is 0 Å². The zero-order chi connectivity index (χ0) is 33.9. The maximum Gasteiger partial charge on any atom is 0.164 e. The minimum atomic E-state index is 0.643. The standard InChI is InChI=1S/C46H31N5/c1-30-19-21-32(22-20-30)45-47-44(31-11-3-2-4-12-31)48-46(49-45)33-23-25-34(26-24-33)50-42-18-10-7-15-38(42)39-29-35(27-28-43(39)50)51-40-16-8-5-13-36(40)37-14-6-9-17-41(37)51/h2-29H,1H3. The highest BCUT2D eigenvalue weighted by atomic mass is 15.0. The second kappa shape index (κ2) is 11.6. The van der Waals surface area contributed by atoms with Crippen molar-refractivity contribution >= 4 is 43.6 Å². The Morgan fingerprint density at radius 3 is 1.27 bits per heavy atom. The molecule has 0 aliphatic rings. The van der Waals surface area contributed by atoms with E-state index in [4.69, 9.17) is 15.0 Å². The van der Waals surface area contributed by atoms with Crippen LogP contribution in [-0.2, 0) is 0 Å². The molecule has 0 aliphatic heterocycles. The van der Waals surface area contributed by atoms with Gasteiger partial charge in [-0.3, -0.25) is 0 Å². The fourth-order valence-corrected chi connectivity index (χ4v) is 7.39. The highest BCUT2D eigenvalue weighted by Gasteiger charge is 2.17. The van der Waals surface area contributed by atoms with E-state index in [0.717, 1.165) is 39.1 Å². The van der Waals surface area contributed by atoms with E-state index < -0.39 is 0 Å². The van der Waals surface area contributed by atoms with Crippen LogP contribution in [-0.4, -0.2) is 24.1 Å². The summed E-state index contributed by atoms with van der Waals surface area (Å²) in [6.45, 7) is 2.08. The van der Waals surface area contributed by atoms with Crippen molar-refractivity contribution in [3.63, 3.8) is 0 Å². The number of fused-ring (bicyclic) bond motifs is 6. The van der Waals surface area contributed by atoms with Crippen LogP contribution in [0.25, 0.3) is 89.2 Å². The van der Waals surface area contributed by atoms with Crippen molar-refractivity contribution in [1.29, 1.82) is 0 Å². The van der Waals surface area contributed by atoms with Gasteiger partial charge in [-0.2, -0.15) is 0 Å². The average molecular weight is 654 g/mol. The Kier molecular flexibility index (Phi) is 6.64. The van der Waals surface area contributed by atoms with E-state index in [9.17, 15) is 0 Å². The van der Waals surface area contributed by atoms with E-state index in [1.807, 2.05) is 30.3 Å². The van der Waals surface area contributed by atoms with Gasteiger partial charge in [-0.25, -0.2) is 15.0 Å². The van der Waals surface area contributed by atoms with Gasteiger partial charge >= 0.3 is 0 Å². The van der Waals surface area contributed by atoms with Crippen molar-refractivity contribution < 1.29 is 0 Å². The average Bonchev–Trinajstić information content (AvgIpc) is 3.71. The molecule has 3 heterocycles. The van der Waals surface area contributed by atoms with Gasteiger partial charge in [0, 0.05) is 49.6 Å². The third-order valence-corrected chi connectivity index (χ3v) is 9.86. The second-order valence-electron chi connectivity index (χ2n) is 13.0. The Bertz CT molecular complexity index is 2850. The fraction of sp³-hybridized carbons (Fsp3) is 0.0217. The maximum atomic E-state index is 4.97. The first-order valence-corrected chi connectivity index (χ1v) is 17.2. The van der Waals surface area contributed by atoms with Crippen molar-refractivity contribution in [2.45, 2.75) is 6.92 Å². The van der Waals surface area contributed by atoms with Gasteiger partial charge in [0.05, 0.1) is 22.1 Å². The smallest absolute Gasteiger partial charge is 0.164 e. The molecule has 10 rings (SSSR count). The summed E-state index contributed by atoms with van der Waals surface area (Å²) >= 11 is 0. The summed E-state index contributed by atoms with van der Waals surface area (Å²) in [6.07, 6.45) is 0. The molecule has 0 saturated carbocycles. The molecule has 5 nitrogen and oxygen atoms in total. The molecule has 10 aromatic rings. The summed E-state index contributed by atoms with van der Waals surface area (Å²) in [7, 11) is 0. The van der Waals surface area contributed by atoms with Crippen molar-refractivity contribution in [3.8, 4) is 45.5 Å². The summed E-state index contributed by atoms with van der Waals surface area (Å²) in [5.41, 5.74) is 11.0. The van der Waals surface area contributed by atoms with Crippen LogP contribution >= 0.6 is 0 Å². The molecule has 0 saturated heterocycles. The number of rotatable bonds is 5. The van der Waals surface area contributed by atoms with E-state index in [-0.39, 0.29) is 0 Å². The molecule has 0 radical (unpaired) electrons. The maximum absolute atomic E-state index is 4.97. The lowest BCUT2D eigenvalue weighted by molar-refractivity contribution is 1.07. The zero-order valence-electron chi connectivity index (χ0n) is 27.9. The minimum absolute atomic E-state index is 0.643. The van der Waals surface area contributed by atoms with Crippen LogP contribution in [0.5, 0.6) is 0 Å². The largest absolute Gasteiger partial charge is 0.309 e. The van der Waals surface area contributed by atoms with Gasteiger partial charge < -0.3 is 9.13 Å². The number of nitrogens with zero attached hydrogens (tertiary/aromatic N) is 5. The third-order valence-electron chi connectivity index (χ3n) is 9.86. The zero-order valence-corrected chi connectivity index (χ0v) is 27.9. The molecule has 0 unspecified atom stereocenters. The predicted molar refractivity (Wildman–Crippen MR) is 210 cm³/mol. The molecular formula is C46H31N5. The van der Waals surface area contributed by atoms with Crippen molar-refractivity contribution in [3.05, 3.63) is 175 Å². The fourth-order valence-electron chi connectivity index (χ4n) is 7.39. The molecular weight excluding hydrogens is 623 g/mol. The van der Waals surface area contributed by atoms with Crippen LogP contribution in [0, 0.1) is 6.92 Å². The number of benzene rings is 7. The van der Waals surface area contributed by atoms with Crippen LogP contribution in [0.2, 0.25) is 0 Å². The van der Waals surface area contributed by atoms with Gasteiger partial charge in [-0.05, 0) is 67.6 Å². The summed E-state index contributed by atoms with van der Waals surface area (Å²) in [6, 6.07) is 59.8. The van der Waals surface area contributed by atoms with Crippen molar-refractivity contribution in [2.24, 2.45) is 0 Å². The van der Waals surface area contributed by atoms with Crippen LogP contribution in [0.3, 0.4) is 0 Å². The molecule has 0 atom stereocenters. The number of hydrogen-bond acceptors (Lipinski definition) is 3. The molecule has 51 heavy (non-hydrogen) atoms. The van der Waals surface area contributed by atoms with E-state index in [1.54, 1.807) is 0 Å². The first-order chi connectivity index (χ1) is 25.2. The van der Waals surface area contributed by atoms with Crippen LogP contribution in [0.1, 0.15) is 5.56 Å². The van der Waals surface area contributed by atoms with Crippen LogP contribution < -0.4 is 0 Å². The lowest BCUT2D eigenvalue weighted by atomic mass is 10.1. The van der Waals surface area contributed by atoms with Crippen LogP contribution in [0.15, 0.2) is 170 Å². The van der Waals surface area contributed by atoms with Gasteiger partial charge in [0.15, 0.2) is 17.5 Å². The number of para-hydroxylation sites is 3. The lowest BCUT2D eigenvalue weighted by Crippen LogP contribution is -2.00. The second-order valence-corrected chi connectivity index (χ2v) is 13.0. The lowest BCUT2D eigenvalue weighted by Gasteiger charge is -2.11. The number of aryl methyl sites for hydroxylation is 1. The third kappa shape index (κ3) is 4.82.